The number of hydrogen-bond donors (Lipinski definition) is 1. The molecule has 0 unspecified atom stereocenters. The zero-order valence-corrected chi connectivity index (χ0v) is 12.3. The highest BCUT2D eigenvalue weighted by Gasteiger charge is 2.22. The number of nitrogens with one attached hydrogen (secondary N) is 1. The van der Waals surface area contributed by atoms with Crippen molar-refractivity contribution in [2.75, 3.05) is 30.9 Å². The molecule has 0 atom stereocenters. The van der Waals surface area contributed by atoms with Crippen molar-refractivity contribution in [1.29, 1.82) is 0 Å². The van der Waals surface area contributed by atoms with Crippen LogP contribution in [0.25, 0.3) is 0 Å². The van der Waals surface area contributed by atoms with E-state index in [1.54, 1.807) is 7.11 Å². The van der Waals surface area contributed by atoms with Crippen LogP contribution in [0, 0.1) is 0 Å². The van der Waals surface area contributed by atoms with E-state index in [1.807, 2.05) is 44.0 Å². The molecule has 4 nitrogen and oxygen atoms in total. The molecule has 1 heterocycles. The Labute approximate surface area is 115 Å². The number of methoxy groups -OCH3 is 1. The highest BCUT2D eigenvalue weighted by atomic mass is 16.5. The first kappa shape index (κ1) is 15.5. The van der Waals surface area contributed by atoms with E-state index in [4.69, 9.17) is 4.74 Å². The van der Waals surface area contributed by atoms with Crippen LogP contribution in [0.1, 0.15) is 32.3 Å². The fourth-order valence-corrected chi connectivity index (χ4v) is 2.19. The molecule has 1 aromatic rings. The van der Waals surface area contributed by atoms with Gasteiger partial charge in [0.25, 0.3) is 0 Å². The first-order chi connectivity index (χ1) is 9.26. The van der Waals surface area contributed by atoms with Gasteiger partial charge in [-0.15, -0.1) is 0 Å². The molecule has 1 saturated heterocycles. The van der Waals surface area contributed by atoms with Crippen LogP contribution in [0.2, 0.25) is 0 Å². The number of carbonyl (C=O) groups excluding carboxylic acids is 1. The molecule has 1 N–H and O–H groups in total. The van der Waals surface area contributed by atoms with Crippen LogP contribution in [0.15, 0.2) is 18.2 Å². The largest absolute Gasteiger partial charge is 0.388 e. The van der Waals surface area contributed by atoms with Crippen molar-refractivity contribution in [2.24, 2.45) is 0 Å². The summed E-state index contributed by atoms with van der Waals surface area (Å²) in [5, 5.41) is 3.13. The maximum Gasteiger partial charge on any atom is 0.227 e. The lowest BCUT2D eigenvalue weighted by Gasteiger charge is -2.18. The second-order valence-electron chi connectivity index (χ2n) is 4.17. The molecule has 0 bridgehead atoms. The van der Waals surface area contributed by atoms with Crippen LogP contribution < -0.4 is 10.2 Å². The van der Waals surface area contributed by atoms with Crippen LogP contribution in [0.3, 0.4) is 0 Å². The van der Waals surface area contributed by atoms with Crippen molar-refractivity contribution in [3.63, 3.8) is 0 Å². The van der Waals surface area contributed by atoms with Gasteiger partial charge in [0.1, 0.15) is 0 Å². The smallest absolute Gasteiger partial charge is 0.227 e. The quantitative estimate of drug-likeness (QED) is 0.909. The van der Waals surface area contributed by atoms with Gasteiger partial charge in [-0.3, -0.25) is 4.79 Å². The molecule has 1 aliphatic heterocycles. The summed E-state index contributed by atoms with van der Waals surface area (Å²) >= 11 is 0. The number of benzene rings is 1. The first-order valence-electron chi connectivity index (χ1n) is 6.86. The number of ether oxygens (including phenoxy) is 1. The molecule has 1 aliphatic rings. The second-order valence-corrected chi connectivity index (χ2v) is 4.17. The van der Waals surface area contributed by atoms with Crippen molar-refractivity contribution >= 4 is 17.3 Å². The number of rotatable bonds is 4. The molecule has 106 valence electrons. The average Bonchev–Trinajstić information content (AvgIpc) is 2.87. The minimum atomic E-state index is 0.213. The van der Waals surface area contributed by atoms with E-state index in [9.17, 15) is 4.79 Å². The minimum absolute atomic E-state index is 0.213. The van der Waals surface area contributed by atoms with Gasteiger partial charge in [0.2, 0.25) is 5.91 Å². The standard InChI is InChI=1S/C13H18N2O2.C2H6/c1-14-12-6-5-11(8-10(12)9-17-2)15-7-3-4-13(15)16;1-2/h5-6,8,14H,3-4,7,9H2,1-2H3;1-2H3. The zero-order chi connectivity index (χ0) is 14.3. The maximum atomic E-state index is 11.7. The van der Waals surface area contributed by atoms with Gasteiger partial charge in [-0.2, -0.15) is 0 Å². The summed E-state index contributed by atoms with van der Waals surface area (Å²) < 4.78 is 5.17. The van der Waals surface area contributed by atoms with Gasteiger partial charge in [0.05, 0.1) is 6.61 Å². The average molecular weight is 264 g/mol. The van der Waals surface area contributed by atoms with E-state index in [0.717, 1.165) is 29.9 Å². The Kier molecular flexibility index (Phi) is 6.36. The summed E-state index contributed by atoms with van der Waals surface area (Å²) in [5.74, 6) is 0.213. The van der Waals surface area contributed by atoms with Gasteiger partial charge >= 0.3 is 0 Å². The highest BCUT2D eigenvalue weighted by Crippen LogP contribution is 2.26. The van der Waals surface area contributed by atoms with Crippen molar-refractivity contribution < 1.29 is 9.53 Å². The molecule has 4 heteroatoms. The Hall–Kier alpha value is -1.55. The summed E-state index contributed by atoms with van der Waals surface area (Å²) in [6.07, 6.45) is 1.61. The van der Waals surface area contributed by atoms with E-state index in [2.05, 4.69) is 5.32 Å². The summed E-state index contributed by atoms with van der Waals surface area (Å²) in [7, 11) is 3.56. The van der Waals surface area contributed by atoms with E-state index < -0.39 is 0 Å². The molecule has 0 radical (unpaired) electrons. The third-order valence-electron chi connectivity index (χ3n) is 3.04. The van der Waals surface area contributed by atoms with Crippen LogP contribution in [0.4, 0.5) is 11.4 Å². The highest BCUT2D eigenvalue weighted by molar-refractivity contribution is 5.95. The van der Waals surface area contributed by atoms with Gasteiger partial charge in [0, 0.05) is 44.1 Å². The van der Waals surface area contributed by atoms with Gasteiger partial charge in [-0.1, -0.05) is 13.8 Å². The van der Waals surface area contributed by atoms with Crippen molar-refractivity contribution in [2.45, 2.75) is 33.3 Å². The van der Waals surface area contributed by atoms with Gasteiger partial charge < -0.3 is 15.0 Å². The Balaban J connectivity index is 0.000000861. The molecular weight excluding hydrogens is 240 g/mol. The molecule has 0 aliphatic carbocycles. The minimum Gasteiger partial charge on any atom is -0.388 e. The normalized spacial score (nSPS) is 14.1. The number of anilines is 2. The maximum absolute atomic E-state index is 11.7. The van der Waals surface area contributed by atoms with Crippen LogP contribution >= 0.6 is 0 Å². The molecule has 1 amide bonds. The number of hydrogen-bond acceptors (Lipinski definition) is 3. The van der Waals surface area contributed by atoms with Crippen LogP contribution in [-0.2, 0) is 16.1 Å². The topological polar surface area (TPSA) is 41.6 Å². The zero-order valence-electron chi connectivity index (χ0n) is 12.3. The lowest BCUT2D eigenvalue weighted by Crippen LogP contribution is -2.23. The number of carbonyl (C=O) groups is 1. The number of amides is 1. The van der Waals surface area contributed by atoms with Gasteiger partial charge in [-0.05, 0) is 24.6 Å². The second kappa shape index (κ2) is 7.79. The lowest BCUT2D eigenvalue weighted by molar-refractivity contribution is -0.117. The van der Waals surface area contributed by atoms with E-state index in [0.29, 0.717) is 13.0 Å². The molecule has 1 fully saturated rings. The summed E-state index contributed by atoms with van der Waals surface area (Å²) in [5.41, 5.74) is 3.09. The molecule has 0 saturated carbocycles. The Morgan fingerprint density at radius 2 is 2.11 bits per heavy atom. The van der Waals surface area contributed by atoms with E-state index in [1.165, 1.54) is 0 Å². The predicted molar refractivity (Wildman–Crippen MR) is 79.6 cm³/mol. The van der Waals surface area contributed by atoms with Gasteiger partial charge in [0.15, 0.2) is 0 Å². The summed E-state index contributed by atoms with van der Waals surface area (Å²) in [6.45, 7) is 5.37. The Bertz CT molecular complexity index is 419. The monoisotopic (exact) mass is 264 g/mol. The third kappa shape index (κ3) is 3.70. The van der Waals surface area contributed by atoms with E-state index in [-0.39, 0.29) is 5.91 Å². The predicted octanol–water partition coefficient (Wildman–Crippen LogP) is 3.03. The van der Waals surface area contributed by atoms with Crippen LogP contribution in [-0.4, -0.2) is 26.6 Å². The molecule has 0 aromatic heterocycles. The molecule has 2 rings (SSSR count). The van der Waals surface area contributed by atoms with Crippen molar-refractivity contribution in [1.82, 2.24) is 0 Å². The molecule has 1 aromatic carbocycles. The van der Waals surface area contributed by atoms with Crippen molar-refractivity contribution in [3.8, 4) is 0 Å². The van der Waals surface area contributed by atoms with Gasteiger partial charge in [-0.25, -0.2) is 0 Å². The fourth-order valence-electron chi connectivity index (χ4n) is 2.19. The van der Waals surface area contributed by atoms with E-state index >= 15 is 0 Å². The fraction of sp³-hybridized carbons (Fsp3) is 0.533. The summed E-state index contributed by atoms with van der Waals surface area (Å²) in [4.78, 5) is 13.5. The van der Waals surface area contributed by atoms with Crippen LogP contribution in [0.5, 0.6) is 0 Å². The molecule has 0 spiro atoms. The molecule has 19 heavy (non-hydrogen) atoms. The SMILES string of the molecule is CC.CNc1ccc(N2CCCC2=O)cc1COC. The first-order valence-corrected chi connectivity index (χ1v) is 6.86. The molecular formula is C15H24N2O2. The number of nitrogens with zero attached hydrogens (tertiary/aromatic N) is 1. The van der Waals surface area contributed by atoms with Crippen molar-refractivity contribution in [3.05, 3.63) is 23.8 Å². The Morgan fingerprint density at radius 3 is 2.63 bits per heavy atom. The lowest BCUT2D eigenvalue weighted by atomic mass is 10.1. The summed E-state index contributed by atoms with van der Waals surface area (Å²) in [6, 6.07) is 6.00. The Morgan fingerprint density at radius 1 is 1.37 bits per heavy atom. The third-order valence-corrected chi connectivity index (χ3v) is 3.04.